The number of rotatable bonds is 12. The first-order chi connectivity index (χ1) is 16.9. The lowest BCUT2D eigenvalue weighted by Crippen LogP contribution is -2.42. The zero-order valence-electron chi connectivity index (χ0n) is 21.8. The van der Waals surface area contributed by atoms with E-state index in [1.807, 2.05) is 0 Å². The molecule has 0 saturated heterocycles. The molecule has 1 rings (SSSR count). The van der Waals surface area contributed by atoms with Crippen molar-refractivity contribution in [1.82, 2.24) is 0 Å². The van der Waals surface area contributed by atoms with Gasteiger partial charge in [0.1, 0.15) is 11.6 Å². The predicted molar refractivity (Wildman–Crippen MR) is 127 cm³/mol. The second-order valence-corrected chi connectivity index (χ2v) is 9.17. The highest BCUT2D eigenvalue weighted by atomic mass is 16.6. The molecule has 1 saturated carbocycles. The van der Waals surface area contributed by atoms with Crippen molar-refractivity contribution in [1.29, 1.82) is 0 Å². The lowest BCUT2D eigenvalue weighted by Gasteiger charge is -2.33. The third kappa shape index (κ3) is 6.47. The molecule has 0 aromatic rings. The van der Waals surface area contributed by atoms with Crippen LogP contribution >= 0.6 is 0 Å². The van der Waals surface area contributed by atoms with Crippen LogP contribution in [0, 0.1) is 16.2 Å². The Labute approximate surface area is 211 Å². The number of carbonyl (C=O) groups excluding carboxylic acids is 6. The predicted octanol–water partition coefficient (Wildman–Crippen LogP) is 2.67. The van der Waals surface area contributed by atoms with Crippen LogP contribution in [-0.2, 0) is 47.7 Å². The van der Waals surface area contributed by atoms with Gasteiger partial charge in [-0.15, -0.1) is 0 Å². The van der Waals surface area contributed by atoms with Crippen LogP contribution in [0.1, 0.15) is 58.8 Å². The van der Waals surface area contributed by atoms with Crippen molar-refractivity contribution in [3.05, 3.63) is 24.3 Å². The van der Waals surface area contributed by atoms with Crippen molar-refractivity contribution in [3.63, 3.8) is 0 Å². The monoisotopic (exact) mass is 508 g/mol. The Balaban J connectivity index is 3.12. The highest BCUT2D eigenvalue weighted by Crippen LogP contribution is 2.38. The zero-order chi connectivity index (χ0) is 27.6. The number of ketones is 2. The van der Waals surface area contributed by atoms with Gasteiger partial charge in [-0.1, -0.05) is 24.3 Å². The van der Waals surface area contributed by atoms with Gasteiger partial charge in [-0.25, -0.2) is 0 Å². The summed E-state index contributed by atoms with van der Waals surface area (Å²) < 4.78 is 18.9. The smallest absolute Gasteiger partial charge is 0.323 e. The molecule has 0 aromatic heterocycles. The molecule has 200 valence electrons. The molecule has 10 nitrogen and oxygen atoms in total. The van der Waals surface area contributed by atoms with E-state index in [2.05, 4.69) is 0 Å². The number of hydrogen-bond donors (Lipinski definition) is 0. The fourth-order valence-electron chi connectivity index (χ4n) is 4.19. The number of allylic oxidation sites excluding steroid dienone is 4. The minimum atomic E-state index is -1.57. The van der Waals surface area contributed by atoms with Gasteiger partial charge in [0.2, 0.25) is 0 Å². The lowest BCUT2D eigenvalue weighted by molar-refractivity contribution is -0.169. The Morgan fingerprint density at radius 2 is 0.972 bits per heavy atom. The highest BCUT2D eigenvalue weighted by Gasteiger charge is 2.46. The van der Waals surface area contributed by atoms with Gasteiger partial charge in [-0.3, -0.25) is 28.8 Å². The maximum absolute atomic E-state index is 12.9. The molecule has 0 aromatic carbocycles. The lowest BCUT2D eigenvalue weighted by atomic mass is 9.67. The van der Waals surface area contributed by atoms with E-state index in [1.165, 1.54) is 42.3 Å². The molecule has 36 heavy (non-hydrogen) atoms. The molecule has 0 spiro atoms. The Hall–Kier alpha value is -3.30. The van der Waals surface area contributed by atoms with Crippen LogP contribution in [0.15, 0.2) is 24.3 Å². The van der Waals surface area contributed by atoms with Crippen LogP contribution in [-0.4, -0.2) is 63.9 Å². The topological polar surface area (TPSA) is 139 Å². The van der Waals surface area contributed by atoms with E-state index >= 15 is 0 Å². The van der Waals surface area contributed by atoms with E-state index in [0.29, 0.717) is 6.42 Å². The zero-order valence-corrected chi connectivity index (χ0v) is 21.8. The maximum Gasteiger partial charge on any atom is 0.323 e. The molecule has 0 atom stereocenters. The number of carbonyl (C=O) groups is 6. The average Bonchev–Trinajstić information content (AvgIpc) is 2.88. The van der Waals surface area contributed by atoms with E-state index in [1.54, 1.807) is 24.3 Å². The largest absolute Gasteiger partial charge is 0.468 e. The molecular weight excluding hydrogens is 472 g/mol. The number of ether oxygens (including phenoxy) is 4. The summed E-state index contributed by atoms with van der Waals surface area (Å²) in [5, 5.41) is 0. The summed E-state index contributed by atoms with van der Waals surface area (Å²) in [6.07, 6.45) is 7.33. The van der Waals surface area contributed by atoms with Gasteiger partial charge in [-0.05, 0) is 46.0 Å². The normalized spacial score (nSPS) is 16.2. The minimum absolute atomic E-state index is 0.0444. The number of hydrogen-bond acceptors (Lipinski definition) is 10. The number of methoxy groups -OCH3 is 4. The molecule has 0 radical (unpaired) electrons. The minimum Gasteiger partial charge on any atom is -0.468 e. The van der Waals surface area contributed by atoms with Gasteiger partial charge in [-0.2, -0.15) is 0 Å². The Morgan fingerprint density at radius 3 is 1.25 bits per heavy atom. The Morgan fingerprint density at radius 1 is 0.667 bits per heavy atom. The van der Waals surface area contributed by atoms with Gasteiger partial charge in [0, 0.05) is 12.8 Å². The first-order valence-corrected chi connectivity index (χ1v) is 11.6. The molecule has 10 heteroatoms. The van der Waals surface area contributed by atoms with Crippen molar-refractivity contribution >= 4 is 35.4 Å². The molecule has 1 aliphatic rings. The first kappa shape index (κ1) is 30.7. The summed E-state index contributed by atoms with van der Waals surface area (Å²) in [5.74, 6) is -3.47. The van der Waals surface area contributed by atoms with Crippen molar-refractivity contribution in [2.24, 2.45) is 16.2 Å². The molecule has 0 amide bonds. The molecular formula is C26H36O10. The van der Waals surface area contributed by atoms with Crippen molar-refractivity contribution in [2.45, 2.75) is 58.8 Å². The van der Waals surface area contributed by atoms with Crippen LogP contribution in [0.25, 0.3) is 0 Å². The Bertz CT molecular complexity index is 821. The van der Waals surface area contributed by atoms with E-state index in [9.17, 15) is 28.8 Å². The van der Waals surface area contributed by atoms with Gasteiger partial charge >= 0.3 is 23.9 Å². The first-order valence-electron chi connectivity index (χ1n) is 11.6. The molecule has 1 fully saturated rings. The molecule has 1 aliphatic carbocycles. The van der Waals surface area contributed by atoms with Crippen molar-refractivity contribution in [3.8, 4) is 0 Å². The van der Waals surface area contributed by atoms with E-state index in [-0.39, 0.29) is 50.1 Å². The Kier molecular flexibility index (Phi) is 11.2. The number of esters is 4. The summed E-state index contributed by atoms with van der Waals surface area (Å²) in [6, 6.07) is 0. The standard InChI is InChI=1S/C26H36O10/c1-24(20(29)33-3,21(30)34-4)14-7-9-16-26(18(27)12-11-13-19(26)28)17-10-8-15-25(2,22(31)35-5)23(32)36-6/h7-10H,11-17H2,1-6H3/b9-7+,10-8+. The average molecular weight is 509 g/mol. The van der Waals surface area contributed by atoms with E-state index < -0.39 is 40.1 Å². The van der Waals surface area contributed by atoms with Crippen LogP contribution in [0.4, 0.5) is 0 Å². The van der Waals surface area contributed by atoms with Gasteiger partial charge in [0.25, 0.3) is 0 Å². The van der Waals surface area contributed by atoms with Crippen LogP contribution in [0.2, 0.25) is 0 Å². The third-order valence-electron chi connectivity index (χ3n) is 6.74. The summed E-state index contributed by atoms with van der Waals surface area (Å²) in [5.41, 5.74) is -4.45. The molecule has 0 aliphatic heterocycles. The molecule has 0 N–H and O–H groups in total. The second-order valence-electron chi connectivity index (χ2n) is 9.17. The van der Waals surface area contributed by atoms with Gasteiger partial charge < -0.3 is 18.9 Å². The van der Waals surface area contributed by atoms with Crippen LogP contribution < -0.4 is 0 Å². The number of Topliss-reactive ketones (excluding diaryl/α,β-unsaturated/α-hetero) is 2. The highest BCUT2D eigenvalue weighted by molar-refractivity contribution is 6.09. The maximum atomic E-state index is 12.9. The van der Waals surface area contributed by atoms with Crippen molar-refractivity contribution < 1.29 is 47.7 Å². The molecule has 0 heterocycles. The van der Waals surface area contributed by atoms with E-state index in [0.717, 1.165) is 0 Å². The molecule has 0 bridgehead atoms. The van der Waals surface area contributed by atoms with Gasteiger partial charge in [0.15, 0.2) is 10.8 Å². The van der Waals surface area contributed by atoms with Crippen LogP contribution in [0.5, 0.6) is 0 Å². The van der Waals surface area contributed by atoms with Crippen molar-refractivity contribution in [2.75, 3.05) is 28.4 Å². The quantitative estimate of drug-likeness (QED) is 0.167. The fraction of sp³-hybridized carbons (Fsp3) is 0.615. The van der Waals surface area contributed by atoms with E-state index in [4.69, 9.17) is 18.9 Å². The third-order valence-corrected chi connectivity index (χ3v) is 6.74. The summed E-state index contributed by atoms with van der Waals surface area (Å²) in [4.78, 5) is 74.5. The SMILES string of the molecule is COC(=O)C(C)(C/C=C/CC1(C/C=C/CC(C)(C(=O)OC)C(=O)OC)C(=O)CCCC1=O)C(=O)OC. The molecule has 0 unspecified atom stereocenters. The fourth-order valence-corrected chi connectivity index (χ4v) is 4.19. The second kappa shape index (κ2) is 13.1. The van der Waals surface area contributed by atoms with Crippen LogP contribution in [0.3, 0.4) is 0 Å². The summed E-state index contributed by atoms with van der Waals surface area (Å²) in [6.45, 7) is 2.79. The summed E-state index contributed by atoms with van der Waals surface area (Å²) >= 11 is 0. The van der Waals surface area contributed by atoms with Gasteiger partial charge in [0.05, 0.1) is 33.9 Å². The summed E-state index contributed by atoms with van der Waals surface area (Å²) in [7, 11) is 4.66.